The van der Waals surface area contributed by atoms with Gasteiger partial charge in [-0.15, -0.1) is 0 Å². The van der Waals surface area contributed by atoms with Crippen LogP contribution in [0.1, 0.15) is 0 Å². The summed E-state index contributed by atoms with van der Waals surface area (Å²) in [5.74, 6) is 0.459. The highest BCUT2D eigenvalue weighted by Gasteiger charge is 2.16. The van der Waals surface area contributed by atoms with Crippen LogP contribution < -0.4 is 4.74 Å². The van der Waals surface area contributed by atoms with Gasteiger partial charge in [-0.1, -0.05) is 12.1 Å². The molecule has 3 aromatic rings. The van der Waals surface area contributed by atoms with Gasteiger partial charge >= 0.3 is 0 Å². The van der Waals surface area contributed by atoms with Crippen molar-refractivity contribution in [1.82, 2.24) is 9.97 Å². The van der Waals surface area contributed by atoms with Crippen LogP contribution in [0.2, 0.25) is 0 Å². The van der Waals surface area contributed by atoms with Crippen molar-refractivity contribution >= 4 is 33.6 Å². The molecule has 0 aliphatic carbocycles. The fraction of sp³-hybridized carbons (Fsp3) is 0.0714. The molecule has 1 N–H and O–H groups in total. The minimum atomic E-state index is -0.360. The molecule has 0 unspecified atom stereocenters. The maximum atomic E-state index is 14.0. The number of halogens is 2. The third kappa shape index (κ3) is 2.07. The number of hydrogen-bond acceptors (Lipinski definition) is 2. The van der Waals surface area contributed by atoms with E-state index in [0.29, 0.717) is 15.0 Å². The maximum Gasteiger partial charge on any atom is 0.179 e. The summed E-state index contributed by atoms with van der Waals surface area (Å²) < 4.78 is 19.7. The largest absolute Gasteiger partial charge is 0.493 e. The van der Waals surface area contributed by atoms with Gasteiger partial charge in [0.2, 0.25) is 0 Å². The molecule has 19 heavy (non-hydrogen) atoms. The number of aromatic amines is 1. The van der Waals surface area contributed by atoms with Crippen LogP contribution in [0.3, 0.4) is 0 Å². The van der Waals surface area contributed by atoms with Crippen molar-refractivity contribution in [3.63, 3.8) is 0 Å². The van der Waals surface area contributed by atoms with Crippen molar-refractivity contribution in [2.24, 2.45) is 0 Å². The maximum absolute atomic E-state index is 14.0. The number of methoxy groups -OCH3 is 1. The predicted octanol–water partition coefficient (Wildman–Crippen LogP) is 3.98. The molecular formula is C14H10FIN2O. The standard InChI is InChI=1S/C14H10FIN2O/c1-19-13-8(6-7-9(16)12(13)15)14-17-10-4-2-3-5-11(10)18-14/h2-7H,1H3,(H,17,18). The molecule has 3 rings (SSSR count). The van der Waals surface area contributed by atoms with Gasteiger partial charge < -0.3 is 9.72 Å². The summed E-state index contributed by atoms with van der Waals surface area (Å²) in [5.41, 5.74) is 2.38. The zero-order chi connectivity index (χ0) is 13.4. The highest BCUT2D eigenvalue weighted by Crippen LogP contribution is 2.33. The Hall–Kier alpha value is -1.63. The molecule has 0 aliphatic rings. The van der Waals surface area contributed by atoms with E-state index in [4.69, 9.17) is 4.74 Å². The van der Waals surface area contributed by atoms with E-state index >= 15 is 0 Å². The molecule has 1 aromatic heterocycles. The minimum absolute atomic E-state index is 0.214. The molecule has 0 bridgehead atoms. The van der Waals surface area contributed by atoms with E-state index in [1.165, 1.54) is 7.11 Å². The topological polar surface area (TPSA) is 37.9 Å². The van der Waals surface area contributed by atoms with Crippen LogP contribution in [0.25, 0.3) is 22.4 Å². The molecule has 0 saturated carbocycles. The number of hydrogen-bond donors (Lipinski definition) is 1. The Morgan fingerprint density at radius 1 is 1.21 bits per heavy atom. The first-order chi connectivity index (χ1) is 9.20. The van der Waals surface area contributed by atoms with Crippen molar-refractivity contribution in [3.8, 4) is 17.1 Å². The lowest BCUT2D eigenvalue weighted by atomic mass is 10.2. The molecule has 0 saturated heterocycles. The Morgan fingerprint density at radius 3 is 2.74 bits per heavy atom. The summed E-state index contributed by atoms with van der Waals surface area (Å²) in [5, 5.41) is 0. The number of aromatic nitrogens is 2. The number of fused-ring (bicyclic) bond motifs is 1. The lowest BCUT2D eigenvalue weighted by Crippen LogP contribution is -1.95. The molecule has 0 fully saturated rings. The monoisotopic (exact) mass is 368 g/mol. The third-order valence-electron chi connectivity index (χ3n) is 2.90. The normalized spacial score (nSPS) is 10.9. The van der Waals surface area contributed by atoms with E-state index in [1.807, 2.05) is 46.9 Å². The van der Waals surface area contributed by atoms with Crippen LogP contribution in [-0.2, 0) is 0 Å². The Balaban J connectivity index is 2.23. The van der Waals surface area contributed by atoms with E-state index in [9.17, 15) is 4.39 Å². The van der Waals surface area contributed by atoms with Gasteiger partial charge in [0, 0.05) is 0 Å². The fourth-order valence-electron chi connectivity index (χ4n) is 2.00. The summed E-state index contributed by atoms with van der Waals surface area (Å²) >= 11 is 1.94. The molecule has 0 radical (unpaired) electrons. The Labute approximate surface area is 123 Å². The molecule has 1 heterocycles. The summed E-state index contributed by atoms with van der Waals surface area (Å²) in [6.07, 6.45) is 0. The van der Waals surface area contributed by atoms with Crippen molar-refractivity contribution in [1.29, 1.82) is 0 Å². The number of para-hydroxylation sites is 2. The van der Waals surface area contributed by atoms with Crippen LogP contribution in [0.5, 0.6) is 5.75 Å². The second-order valence-corrected chi connectivity index (χ2v) is 5.21. The van der Waals surface area contributed by atoms with Gasteiger partial charge in [0.25, 0.3) is 0 Å². The van der Waals surface area contributed by atoms with E-state index in [1.54, 1.807) is 12.1 Å². The summed E-state index contributed by atoms with van der Waals surface area (Å²) in [6.45, 7) is 0. The van der Waals surface area contributed by atoms with Gasteiger partial charge in [-0.2, -0.15) is 0 Å². The van der Waals surface area contributed by atoms with Crippen LogP contribution in [0.15, 0.2) is 36.4 Å². The average Bonchev–Trinajstić information content (AvgIpc) is 2.85. The molecule has 5 heteroatoms. The Kier molecular flexibility index (Phi) is 3.14. The second-order valence-electron chi connectivity index (χ2n) is 4.04. The highest BCUT2D eigenvalue weighted by molar-refractivity contribution is 14.1. The van der Waals surface area contributed by atoms with Crippen LogP contribution >= 0.6 is 22.6 Å². The first-order valence-corrected chi connectivity index (χ1v) is 6.75. The van der Waals surface area contributed by atoms with Gasteiger partial charge in [0.15, 0.2) is 11.6 Å². The van der Waals surface area contributed by atoms with Crippen LogP contribution in [-0.4, -0.2) is 17.1 Å². The highest BCUT2D eigenvalue weighted by atomic mass is 127. The first kappa shape index (κ1) is 12.4. The van der Waals surface area contributed by atoms with Gasteiger partial charge in [0.1, 0.15) is 5.82 Å². The molecular weight excluding hydrogens is 358 g/mol. The van der Waals surface area contributed by atoms with E-state index in [-0.39, 0.29) is 11.6 Å². The zero-order valence-electron chi connectivity index (χ0n) is 10.1. The number of rotatable bonds is 2. The molecule has 2 aromatic carbocycles. The van der Waals surface area contributed by atoms with Crippen LogP contribution in [0, 0.1) is 9.39 Å². The number of nitrogens with one attached hydrogen (secondary N) is 1. The molecule has 0 spiro atoms. The summed E-state index contributed by atoms with van der Waals surface area (Å²) in [7, 11) is 1.46. The average molecular weight is 368 g/mol. The van der Waals surface area contributed by atoms with E-state index < -0.39 is 0 Å². The summed E-state index contributed by atoms with van der Waals surface area (Å²) in [6, 6.07) is 11.2. The first-order valence-electron chi connectivity index (χ1n) is 5.68. The quantitative estimate of drug-likeness (QED) is 0.695. The van der Waals surface area contributed by atoms with Crippen molar-refractivity contribution in [3.05, 3.63) is 45.8 Å². The number of H-pyrrole nitrogens is 1. The molecule has 96 valence electrons. The molecule has 0 amide bonds. The Morgan fingerprint density at radius 2 is 2.00 bits per heavy atom. The van der Waals surface area contributed by atoms with Crippen molar-refractivity contribution < 1.29 is 9.13 Å². The fourth-order valence-corrected chi connectivity index (χ4v) is 2.42. The predicted molar refractivity (Wildman–Crippen MR) is 80.8 cm³/mol. The number of imidazole rings is 1. The lowest BCUT2D eigenvalue weighted by molar-refractivity contribution is 0.386. The number of ether oxygens (including phenoxy) is 1. The number of benzene rings is 2. The molecule has 3 nitrogen and oxygen atoms in total. The van der Waals surface area contributed by atoms with Gasteiger partial charge in [0.05, 0.1) is 27.3 Å². The number of nitrogens with zero attached hydrogens (tertiary/aromatic N) is 1. The third-order valence-corrected chi connectivity index (χ3v) is 3.73. The summed E-state index contributed by atoms with van der Waals surface area (Å²) in [4.78, 5) is 7.63. The van der Waals surface area contributed by atoms with Crippen LogP contribution in [0.4, 0.5) is 4.39 Å². The zero-order valence-corrected chi connectivity index (χ0v) is 12.2. The van der Waals surface area contributed by atoms with Gasteiger partial charge in [-0.25, -0.2) is 9.37 Å². The molecule has 0 atom stereocenters. The lowest BCUT2D eigenvalue weighted by Gasteiger charge is -2.08. The second kappa shape index (κ2) is 4.80. The minimum Gasteiger partial charge on any atom is -0.493 e. The van der Waals surface area contributed by atoms with Gasteiger partial charge in [-0.05, 0) is 46.9 Å². The Bertz CT molecular complexity index is 721. The van der Waals surface area contributed by atoms with E-state index in [2.05, 4.69) is 9.97 Å². The van der Waals surface area contributed by atoms with E-state index in [0.717, 1.165) is 11.0 Å². The molecule has 0 aliphatic heterocycles. The van der Waals surface area contributed by atoms with Crippen molar-refractivity contribution in [2.45, 2.75) is 0 Å². The SMILES string of the molecule is COc1c(-c2nc3ccccc3[nH]2)ccc(I)c1F. The smallest absolute Gasteiger partial charge is 0.179 e. The van der Waals surface area contributed by atoms with Gasteiger partial charge in [-0.3, -0.25) is 0 Å². The van der Waals surface area contributed by atoms with Crippen molar-refractivity contribution in [2.75, 3.05) is 7.11 Å².